The van der Waals surface area contributed by atoms with Crippen molar-refractivity contribution in [1.29, 1.82) is 0 Å². The number of allylic oxidation sites excluding steroid dienone is 1. The zero-order valence-corrected chi connectivity index (χ0v) is 24.2. The van der Waals surface area contributed by atoms with Crippen LogP contribution >= 0.6 is 11.6 Å². The van der Waals surface area contributed by atoms with Gasteiger partial charge < -0.3 is 19.7 Å². The Bertz CT molecular complexity index is 1600. The van der Waals surface area contributed by atoms with E-state index in [1.807, 2.05) is 42.6 Å². The molecule has 3 heterocycles. The van der Waals surface area contributed by atoms with E-state index < -0.39 is 5.97 Å². The van der Waals surface area contributed by atoms with Crippen LogP contribution < -0.4 is 9.64 Å². The Kier molecular flexibility index (Phi) is 7.49. The number of aromatic carboxylic acids is 1. The quantitative estimate of drug-likeness (QED) is 0.239. The van der Waals surface area contributed by atoms with Gasteiger partial charge in [0.15, 0.2) is 0 Å². The number of carboxylic acid groups (broad SMARTS) is 1. The van der Waals surface area contributed by atoms with Crippen molar-refractivity contribution in [2.75, 3.05) is 37.6 Å². The van der Waals surface area contributed by atoms with Gasteiger partial charge in [-0.2, -0.15) is 0 Å². The molecule has 1 aliphatic carbocycles. The molecular weight excluding hydrogens is 536 g/mol. The minimum absolute atomic E-state index is 0.128. The lowest BCUT2D eigenvalue weighted by atomic mass is 9.70. The van der Waals surface area contributed by atoms with E-state index in [4.69, 9.17) is 16.3 Å². The monoisotopic (exact) mass is 570 g/mol. The third kappa shape index (κ3) is 5.83. The fraction of sp³-hybridized carbons (Fsp3) is 0.333. The van der Waals surface area contributed by atoms with Crippen LogP contribution in [0, 0.1) is 5.41 Å². The second-order valence-corrected chi connectivity index (χ2v) is 12.1. The van der Waals surface area contributed by atoms with E-state index in [2.05, 4.69) is 45.7 Å². The van der Waals surface area contributed by atoms with Gasteiger partial charge in [0.05, 0.1) is 6.20 Å². The van der Waals surface area contributed by atoms with Crippen molar-refractivity contribution in [2.24, 2.45) is 5.41 Å². The number of aromatic amines is 1. The van der Waals surface area contributed by atoms with Crippen molar-refractivity contribution in [3.8, 4) is 11.5 Å². The molecule has 1 aliphatic heterocycles. The second-order valence-electron chi connectivity index (χ2n) is 11.7. The first-order valence-corrected chi connectivity index (χ1v) is 14.6. The molecule has 0 unspecified atom stereocenters. The van der Waals surface area contributed by atoms with E-state index in [0.29, 0.717) is 11.5 Å². The van der Waals surface area contributed by atoms with E-state index in [9.17, 15) is 9.90 Å². The van der Waals surface area contributed by atoms with E-state index in [0.717, 1.165) is 60.9 Å². The summed E-state index contributed by atoms with van der Waals surface area (Å²) in [5.74, 6) is -0.203. The maximum absolute atomic E-state index is 12.0. The number of carbonyl (C=O) groups is 1. The summed E-state index contributed by atoms with van der Waals surface area (Å²) < 4.78 is 6.07. The van der Waals surface area contributed by atoms with Gasteiger partial charge in [0.25, 0.3) is 0 Å². The number of ether oxygens (including phenoxy) is 1. The summed E-state index contributed by atoms with van der Waals surface area (Å²) in [4.78, 5) is 24.2. The highest BCUT2D eigenvalue weighted by Gasteiger charge is 2.32. The summed E-state index contributed by atoms with van der Waals surface area (Å²) in [6, 6.07) is 17.4. The predicted octanol–water partition coefficient (Wildman–Crippen LogP) is 7.49. The van der Waals surface area contributed by atoms with Crippen LogP contribution in [0.2, 0.25) is 5.02 Å². The fourth-order valence-corrected chi connectivity index (χ4v) is 6.47. The molecule has 0 amide bonds. The Morgan fingerprint density at radius 1 is 1.07 bits per heavy atom. The van der Waals surface area contributed by atoms with Crippen LogP contribution in [0.15, 0.2) is 72.6 Å². The number of carboxylic acids is 1. The van der Waals surface area contributed by atoms with Crippen LogP contribution in [0.4, 0.5) is 5.69 Å². The fourth-order valence-electron chi connectivity index (χ4n) is 6.35. The normalized spacial score (nSPS) is 17.7. The number of pyridine rings is 1. The summed E-state index contributed by atoms with van der Waals surface area (Å²) in [5.41, 5.74) is 6.27. The van der Waals surface area contributed by atoms with E-state index in [1.165, 1.54) is 29.6 Å². The molecule has 2 aliphatic rings. The minimum Gasteiger partial charge on any atom is -0.478 e. The molecular formula is C33H35ClN4O3. The first-order valence-electron chi connectivity index (χ1n) is 14.2. The highest BCUT2D eigenvalue weighted by atomic mass is 35.5. The number of hydrogen-bond donors (Lipinski definition) is 2. The molecule has 0 saturated carbocycles. The van der Waals surface area contributed by atoms with Gasteiger partial charge in [-0.3, -0.25) is 4.90 Å². The van der Waals surface area contributed by atoms with Gasteiger partial charge in [-0.1, -0.05) is 43.2 Å². The van der Waals surface area contributed by atoms with Crippen LogP contribution in [-0.4, -0.2) is 58.7 Å². The average Bonchev–Trinajstić information content (AvgIpc) is 3.42. The number of piperazine rings is 1. The molecule has 0 spiro atoms. The average molecular weight is 571 g/mol. The van der Waals surface area contributed by atoms with Gasteiger partial charge in [0, 0.05) is 61.1 Å². The number of rotatable bonds is 7. The van der Waals surface area contributed by atoms with Gasteiger partial charge in [0.2, 0.25) is 0 Å². The van der Waals surface area contributed by atoms with E-state index in [-0.39, 0.29) is 11.0 Å². The Hall–Kier alpha value is -3.81. The van der Waals surface area contributed by atoms with Crippen molar-refractivity contribution in [1.82, 2.24) is 14.9 Å². The van der Waals surface area contributed by atoms with Gasteiger partial charge in [-0.05, 0) is 72.2 Å². The predicted molar refractivity (Wildman–Crippen MR) is 164 cm³/mol. The Morgan fingerprint density at radius 3 is 2.61 bits per heavy atom. The van der Waals surface area contributed by atoms with E-state index in [1.54, 1.807) is 12.3 Å². The molecule has 2 aromatic heterocycles. The third-order valence-corrected chi connectivity index (χ3v) is 8.65. The highest BCUT2D eigenvalue weighted by molar-refractivity contribution is 6.30. The third-order valence-electron chi connectivity index (χ3n) is 8.39. The van der Waals surface area contributed by atoms with Gasteiger partial charge in [-0.25, -0.2) is 9.78 Å². The van der Waals surface area contributed by atoms with Crippen molar-refractivity contribution < 1.29 is 14.6 Å². The van der Waals surface area contributed by atoms with E-state index >= 15 is 0 Å². The van der Waals surface area contributed by atoms with Crippen molar-refractivity contribution in [3.63, 3.8) is 0 Å². The molecule has 7 nitrogen and oxygen atoms in total. The molecule has 0 atom stereocenters. The molecule has 8 heteroatoms. The maximum atomic E-state index is 12.0. The molecule has 41 heavy (non-hydrogen) atoms. The number of aromatic nitrogens is 2. The first-order chi connectivity index (χ1) is 19.8. The second kappa shape index (κ2) is 11.2. The summed E-state index contributed by atoms with van der Waals surface area (Å²) in [7, 11) is 0. The first kappa shape index (κ1) is 27.4. The van der Waals surface area contributed by atoms with Crippen molar-refractivity contribution in [2.45, 2.75) is 33.1 Å². The summed E-state index contributed by atoms with van der Waals surface area (Å²) >= 11 is 6.20. The SMILES string of the molecule is CC1(C)CCCC(CN2CCN(c3ccc(C(=O)O)c(Oc4cnc5[nH]ccc5c4)c3)CC2)=C1c1ccc(Cl)cc1. The number of benzene rings is 2. The Morgan fingerprint density at radius 2 is 1.85 bits per heavy atom. The molecule has 1 fully saturated rings. The zero-order valence-electron chi connectivity index (χ0n) is 23.5. The standard InChI is InChI=1S/C33H35ClN4O3/c1-33(2)12-3-4-24(30(33)22-5-7-25(34)8-6-22)21-37-14-16-38(17-15-37)26-9-10-28(32(39)40)29(19-26)41-27-18-23-11-13-35-31(23)36-20-27/h5-11,13,18-20H,3-4,12,14-17,21H2,1-2H3,(H,35,36)(H,39,40). The molecule has 2 aromatic carbocycles. The largest absolute Gasteiger partial charge is 0.478 e. The summed E-state index contributed by atoms with van der Waals surface area (Å²) in [6.45, 7) is 9.27. The Balaban J connectivity index is 1.18. The molecule has 4 aromatic rings. The number of anilines is 1. The molecule has 1 saturated heterocycles. The van der Waals surface area contributed by atoms with Crippen molar-refractivity contribution >= 4 is 39.9 Å². The smallest absolute Gasteiger partial charge is 0.339 e. The molecule has 212 valence electrons. The van der Waals surface area contributed by atoms with Crippen LogP contribution in [0.25, 0.3) is 16.6 Å². The number of H-pyrrole nitrogens is 1. The van der Waals surface area contributed by atoms with Crippen LogP contribution in [-0.2, 0) is 0 Å². The van der Waals surface area contributed by atoms with Crippen LogP contribution in [0.1, 0.15) is 49.0 Å². The molecule has 2 N–H and O–H groups in total. The lowest BCUT2D eigenvalue weighted by Gasteiger charge is -2.40. The number of nitrogens with zero attached hydrogens (tertiary/aromatic N) is 3. The van der Waals surface area contributed by atoms with Crippen LogP contribution in [0.3, 0.4) is 0 Å². The number of fused-ring (bicyclic) bond motifs is 1. The topological polar surface area (TPSA) is 81.7 Å². The highest BCUT2D eigenvalue weighted by Crippen LogP contribution is 2.46. The number of halogens is 1. The zero-order chi connectivity index (χ0) is 28.6. The lowest BCUT2D eigenvalue weighted by molar-refractivity contribution is 0.0694. The number of hydrogen-bond acceptors (Lipinski definition) is 5. The van der Waals surface area contributed by atoms with Gasteiger partial charge in [-0.15, -0.1) is 0 Å². The lowest BCUT2D eigenvalue weighted by Crippen LogP contribution is -2.47. The van der Waals surface area contributed by atoms with Crippen LogP contribution in [0.5, 0.6) is 11.5 Å². The molecule has 0 radical (unpaired) electrons. The molecule has 6 rings (SSSR count). The van der Waals surface area contributed by atoms with Crippen molar-refractivity contribution in [3.05, 3.63) is 88.7 Å². The minimum atomic E-state index is -1.02. The van der Waals surface area contributed by atoms with Gasteiger partial charge in [0.1, 0.15) is 22.7 Å². The van der Waals surface area contributed by atoms with Gasteiger partial charge >= 0.3 is 5.97 Å². The summed E-state index contributed by atoms with van der Waals surface area (Å²) in [6.07, 6.45) is 6.95. The Labute approximate surface area is 245 Å². The maximum Gasteiger partial charge on any atom is 0.339 e. The molecule has 0 bridgehead atoms. The summed E-state index contributed by atoms with van der Waals surface area (Å²) in [5, 5.41) is 11.5. The number of nitrogens with one attached hydrogen (secondary N) is 1.